The molecule has 3 rings (SSSR count). The van der Waals surface area contributed by atoms with E-state index in [1.54, 1.807) is 6.07 Å². The summed E-state index contributed by atoms with van der Waals surface area (Å²) in [5.41, 5.74) is 0.500. The summed E-state index contributed by atoms with van der Waals surface area (Å²) < 4.78 is 35.4. The molecule has 0 N–H and O–H groups in total. The summed E-state index contributed by atoms with van der Waals surface area (Å²) in [6, 6.07) is 1.56. The Morgan fingerprint density at radius 3 is 2.71 bits per heavy atom. The predicted octanol–water partition coefficient (Wildman–Crippen LogP) is 3.00. The Morgan fingerprint density at radius 1 is 1.35 bits per heavy atom. The molecule has 0 spiro atoms. The molecule has 0 aromatic carbocycles. The summed E-state index contributed by atoms with van der Waals surface area (Å²) in [4.78, 5) is 0.223. The van der Waals surface area contributed by atoms with Gasteiger partial charge in [0.15, 0.2) is 0 Å². The molecule has 2 aromatic heterocycles. The Morgan fingerprint density at radius 2 is 2.12 bits per heavy atom. The highest BCUT2D eigenvalue weighted by Crippen LogP contribution is 2.48. The summed E-state index contributed by atoms with van der Waals surface area (Å²) >= 11 is 3.00. The molecule has 0 saturated heterocycles. The molecule has 2 heterocycles. The van der Waals surface area contributed by atoms with Gasteiger partial charge in [0.05, 0.1) is 5.69 Å². The minimum atomic E-state index is -2.57. The standard InChI is InChI=1S/C9H6BrF2N3O2/c10-8-14-13-7(16-8)6-1-5(15-17-6)4-2-9(11,12)3-4/h1,4H,2-3H2. The number of hydrogen-bond acceptors (Lipinski definition) is 5. The third-order valence-electron chi connectivity index (χ3n) is 2.65. The van der Waals surface area contributed by atoms with E-state index in [0.717, 1.165) is 0 Å². The van der Waals surface area contributed by atoms with Crippen molar-refractivity contribution < 1.29 is 17.7 Å². The van der Waals surface area contributed by atoms with E-state index in [1.165, 1.54) is 0 Å². The van der Waals surface area contributed by atoms with Crippen LogP contribution in [0.4, 0.5) is 8.78 Å². The highest BCUT2D eigenvalue weighted by atomic mass is 79.9. The number of nitrogens with zero attached hydrogens (tertiary/aromatic N) is 3. The van der Waals surface area contributed by atoms with Gasteiger partial charge in [0, 0.05) is 40.8 Å². The van der Waals surface area contributed by atoms with Crippen molar-refractivity contribution in [2.45, 2.75) is 24.7 Å². The molecular weight excluding hydrogens is 300 g/mol. The monoisotopic (exact) mass is 305 g/mol. The van der Waals surface area contributed by atoms with Crippen molar-refractivity contribution in [3.05, 3.63) is 16.6 Å². The van der Waals surface area contributed by atoms with Gasteiger partial charge in [-0.25, -0.2) is 8.78 Å². The van der Waals surface area contributed by atoms with E-state index in [2.05, 4.69) is 31.3 Å². The molecule has 1 aliphatic carbocycles. The minimum Gasteiger partial charge on any atom is -0.408 e. The van der Waals surface area contributed by atoms with Crippen molar-refractivity contribution >= 4 is 15.9 Å². The van der Waals surface area contributed by atoms with Crippen molar-refractivity contribution in [2.75, 3.05) is 0 Å². The van der Waals surface area contributed by atoms with E-state index >= 15 is 0 Å². The second-order valence-corrected chi connectivity index (χ2v) is 4.62. The fourth-order valence-corrected chi connectivity index (χ4v) is 1.99. The van der Waals surface area contributed by atoms with E-state index in [0.29, 0.717) is 5.69 Å². The lowest BCUT2D eigenvalue weighted by Gasteiger charge is -2.33. The highest BCUT2D eigenvalue weighted by Gasteiger charge is 2.47. The summed E-state index contributed by atoms with van der Waals surface area (Å²) in [6.07, 6.45) is -0.376. The smallest absolute Gasteiger partial charge is 0.287 e. The lowest BCUT2D eigenvalue weighted by molar-refractivity contribution is -0.0880. The fourth-order valence-electron chi connectivity index (χ4n) is 1.76. The molecule has 1 fully saturated rings. The van der Waals surface area contributed by atoms with E-state index in [-0.39, 0.29) is 35.2 Å². The Balaban J connectivity index is 1.80. The first-order valence-corrected chi connectivity index (χ1v) is 5.67. The van der Waals surface area contributed by atoms with E-state index in [9.17, 15) is 8.78 Å². The number of aromatic nitrogens is 3. The third kappa shape index (κ3) is 1.97. The number of hydrogen-bond donors (Lipinski definition) is 0. The summed E-state index contributed by atoms with van der Waals surface area (Å²) in [5.74, 6) is -2.37. The Bertz CT molecular complexity index is 546. The van der Waals surface area contributed by atoms with Crippen LogP contribution in [0, 0.1) is 0 Å². The maximum absolute atomic E-state index is 12.7. The maximum Gasteiger partial charge on any atom is 0.287 e. The van der Waals surface area contributed by atoms with Crippen LogP contribution in [0.25, 0.3) is 11.7 Å². The summed E-state index contributed by atoms with van der Waals surface area (Å²) in [5, 5.41) is 11.0. The van der Waals surface area contributed by atoms with E-state index in [4.69, 9.17) is 8.94 Å². The Kier molecular flexibility index (Phi) is 2.29. The van der Waals surface area contributed by atoms with Crippen molar-refractivity contribution in [2.24, 2.45) is 0 Å². The molecule has 0 aliphatic heterocycles. The van der Waals surface area contributed by atoms with Gasteiger partial charge in [-0.05, 0) is 0 Å². The largest absolute Gasteiger partial charge is 0.408 e. The Hall–Kier alpha value is -1.31. The van der Waals surface area contributed by atoms with E-state index < -0.39 is 5.92 Å². The molecule has 0 radical (unpaired) electrons. The molecular formula is C9H6BrF2N3O2. The molecule has 17 heavy (non-hydrogen) atoms. The van der Waals surface area contributed by atoms with Crippen molar-refractivity contribution in [3.8, 4) is 11.7 Å². The maximum atomic E-state index is 12.7. The van der Waals surface area contributed by atoms with Gasteiger partial charge in [0.2, 0.25) is 11.7 Å². The van der Waals surface area contributed by atoms with Gasteiger partial charge in [-0.1, -0.05) is 5.16 Å². The second-order valence-electron chi connectivity index (χ2n) is 3.94. The lowest BCUT2D eigenvalue weighted by Crippen LogP contribution is -2.33. The van der Waals surface area contributed by atoms with Crippen LogP contribution >= 0.6 is 15.9 Å². The fraction of sp³-hybridized carbons (Fsp3) is 0.444. The SMILES string of the molecule is FC1(F)CC(c2cc(-c3nnc(Br)o3)on2)C1. The van der Waals surface area contributed by atoms with Crippen LogP contribution in [0.2, 0.25) is 0 Å². The zero-order chi connectivity index (χ0) is 12.0. The zero-order valence-corrected chi connectivity index (χ0v) is 9.95. The first-order chi connectivity index (χ1) is 8.03. The first kappa shape index (κ1) is 10.8. The van der Waals surface area contributed by atoms with Crippen LogP contribution in [-0.2, 0) is 0 Å². The van der Waals surface area contributed by atoms with Crippen molar-refractivity contribution in [3.63, 3.8) is 0 Å². The van der Waals surface area contributed by atoms with Gasteiger partial charge in [-0.15, -0.1) is 10.2 Å². The highest BCUT2D eigenvalue weighted by molar-refractivity contribution is 9.10. The summed E-state index contributed by atoms with van der Waals surface area (Å²) in [6.45, 7) is 0. The van der Waals surface area contributed by atoms with Crippen LogP contribution < -0.4 is 0 Å². The second kappa shape index (κ2) is 3.59. The normalized spacial score (nSPS) is 19.2. The zero-order valence-electron chi connectivity index (χ0n) is 8.36. The molecule has 1 saturated carbocycles. The van der Waals surface area contributed by atoms with Gasteiger partial charge < -0.3 is 8.94 Å². The topological polar surface area (TPSA) is 65.0 Å². The van der Waals surface area contributed by atoms with Gasteiger partial charge in [0.1, 0.15) is 0 Å². The van der Waals surface area contributed by atoms with Crippen LogP contribution in [0.15, 0.2) is 19.8 Å². The molecule has 0 unspecified atom stereocenters. The van der Waals surface area contributed by atoms with Crippen molar-refractivity contribution in [1.29, 1.82) is 0 Å². The molecule has 90 valence electrons. The van der Waals surface area contributed by atoms with Crippen LogP contribution in [0.5, 0.6) is 0 Å². The summed E-state index contributed by atoms with van der Waals surface area (Å²) in [7, 11) is 0. The molecule has 2 aromatic rings. The van der Waals surface area contributed by atoms with Gasteiger partial charge in [-0.2, -0.15) is 0 Å². The molecule has 0 amide bonds. The molecule has 8 heteroatoms. The quantitative estimate of drug-likeness (QED) is 0.853. The number of alkyl halides is 2. The molecule has 1 aliphatic rings. The van der Waals surface area contributed by atoms with Gasteiger partial charge in [0.25, 0.3) is 10.7 Å². The number of rotatable bonds is 2. The lowest BCUT2D eigenvalue weighted by atomic mass is 9.79. The molecule has 0 atom stereocenters. The van der Waals surface area contributed by atoms with Gasteiger partial charge in [-0.3, -0.25) is 0 Å². The van der Waals surface area contributed by atoms with Crippen LogP contribution in [0.1, 0.15) is 24.5 Å². The van der Waals surface area contributed by atoms with Crippen molar-refractivity contribution in [1.82, 2.24) is 15.4 Å². The Labute approximate surface area is 102 Å². The van der Waals surface area contributed by atoms with Gasteiger partial charge >= 0.3 is 0 Å². The van der Waals surface area contributed by atoms with Crippen LogP contribution in [-0.4, -0.2) is 21.3 Å². The predicted molar refractivity (Wildman–Crippen MR) is 54.4 cm³/mol. The van der Waals surface area contributed by atoms with E-state index in [1.807, 2.05) is 0 Å². The minimum absolute atomic E-state index is 0.168. The third-order valence-corrected chi connectivity index (χ3v) is 2.97. The van der Waals surface area contributed by atoms with Crippen LogP contribution in [0.3, 0.4) is 0 Å². The first-order valence-electron chi connectivity index (χ1n) is 4.87. The average molecular weight is 306 g/mol. The average Bonchev–Trinajstić information content (AvgIpc) is 2.81. The number of halogens is 3. The molecule has 5 nitrogen and oxygen atoms in total. The molecule has 0 bridgehead atoms.